The highest BCUT2D eigenvalue weighted by atomic mass is 35.5. The second kappa shape index (κ2) is 6.83. The molecule has 1 N–H and O–H groups in total. The van der Waals surface area contributed by atoms with Gasteiger partial charge in [0.25, 0.3) is 0 Å². The fourth-order valence-electron chi connectivity index (χ4n) is 2.42. The van der Waals surface area contributed by atoms with Crippen molar-refractivity contribution in [1.82, 2.24) is 5.32 Å². The van der Waals surface area contributed by atoms with Gasteiger partial charge in [0.2, 0.25) is 0 Å². The van der Waals surface area contributed by atoms with Gasteiger partial charge in [0.1, 0.15) is 12.4 Å². The fourth-order valence-corrected chi connectivity index (χ4v) is 2.55. The summed E-state index contributed by atoms with van der Waals surface area (Å²) in [6, 6.07) is 16.1. The molecule has 2 aromatic carbocycles. The molecule has 2 aromatic rings. The predicted octanol–water partition coefficient (Wildman–Crippen LogP) is 3.33. The van der Waals surface area contributed by atoms with Gasteiger partial charge in [-0.05, 0) is 42.0 Å². The zero-order chi connectivity index (χ0) is 14.5. The minimum atomic E-state index is 0.560. The second-order valence-electron chi connectivity index (χ2n) is 5.15. The molecular formula is C17H19ClN2O. The average molecular weight is 303 g/mol. The Morgan fingerprint density at radius 2 is 1.62 bits per heavy atom. The number of rotatable bonds is 4. The molecule has 0 saturated carbocycles. The van der Waals surface area contributed by atoms with Crippen LogP contribution >= 0.6 is 11.6 Å². The molecule has 1 aliphatic heterocycles. The van der Waals surface area contributed by atoms with Crippen LogP contribution in [0.4, 0.5) is 5.69 Å². The Morgan fingerprint density at radius 1 is 0.952 bits per heavy atom. The van der Waals surface area contributed by atoms with E-state index in [2.05, 4.69) is 22.3 Å². The van der Waals surface area contributed by atoms with E-state index in [4.69, 9.17) is 16.3 Å². The van der Waals surface area contributed by atoms with Gasteiger partial charge >= 0.3 is 0 Å². The van der Waals surface area contributed by atoms with Crippen molar-refractivity contribution in [1.29, 1.82) is 0 Å². The van der Waals surface area contributed by atoms with Crippen molar-refractivity contribution in [2.24, 2.45) is 0 Å². The second-order valence-corrected chi connectivity index (χ2v) is 5.58. The summed E-state index contributed by atoms with van der Waals surface area (Å²) in [4.78, 5) is 2.39. The van der Waals surface area contributed by atoms with Crippen LogP contribution < -0.4 is 15.0 Å². The summed E-state index contributed by atoms with van der Waals surface area (Å²) in [5, 5.41) is 4.11. The van der Waals surface area contributed by atoms with Crippen LogP contribution in [0.3, 0.4) is 0 Å². The molecule has 0 unspecified atom stereocenters. The molecular weight excluding hydrogens is 284 g/mol. The molecule has 3 rings (SSSR count). The summed E-state index contributed by atoms with van der Waals surface area (Å²) in [6.45, 7) is 4.78. The van der Waals surface area contributed by atoms with Crippen molar-refractivity contribution in [3.63, 3.8) is 0 Å². The Labute approximate surface area is 130 Å². The molecule has 0 amide bonds. The monoisotopic (exact) mass is 302 g/mol. The lowest BCUT2D eigenvalue weighted by molar-refractivity contribution is 0.306. The molecule has 3 nitrogen and oxygen atoms in total. The third-order valence-electron chi connectivity index (χ3n) is 3.64. The number of benzene rings is 2. The summed E-state index contributed by atoms with van der Waals surface area (Å²) in [5.41, 5.74) is 2.38. The van der Waals surface area contributed by atoms with Gasteiger partial charge in [0.15, 0.2) is 0 Å². The van der Waals surface area contributed by atoms with Gasteiger partial charge in [-0.2, -0.15) is 0 Å². The van der Waals surface area contributed by atoms with Crippen molar-refractivity contribution >= 4 is 17.3 Å². The van der Waals surface area contributed by atoms with Gasteiger partial charge in [-0.25, -0.2) is 0 Å². The lowest BCUT2D eigenvalue weighted by atomic mass is 10.2. The number of anilines is 1. The molecule has 0 bridgehead atoms. The minimum absolute atomic E-state index is 0.560. The quantitative estimate of drug-likeness (QED) is 0.937. The number of hydrogen-bond acceptors (Lipinski definition) is 3. The molecule has 1 heterocycles. The standard InChI is InChI=1S/C17H19ClN2O/c18-15-3-1-14(2-4-15)13-21-17-7-5-16(6-8-17)20-11-9-19-10-12-20/h1-8,19H,9-13H2. The lowest BCUT2D eigenvalue weighted by Crippen LogP contribution is -2.43. The maximum Gasteiger partial charge on any atom is 0.119 e. The van der Waals surface area contributed by atoms with Crippen LogP contribution in [0, 0.1) is 0 Å². The van der Waals surface area contributed by atoms with E-state index in [-0.39, 0.29) is 0 Å². The third kappa shape index (κ3) is 3.90. The van der Waals surface area contributed by atoms with Crippen LogP contribution in [0.1, 0.15) is 5.56 Å². The first-order valence-corrected chi connectivity index (χ1v) is 7.62. The number of ether oxygens (including phenoxy) is 1. The number of hydrogen-bond donors (Lipinski definition) is 1. The van der Waals surface area contributed by atoms with Gasteiger partial charge < -0.3 is 15.0 Å². The lowest BCUT2D eigenvalue weighted by Gasteiger charge is -2.29. The Morgan fingerprint density at radius 3 is 2.29 bits per heavy atom. The van der Waals surface area contributed by atoms with Crippen LogP contribution in [0.15, 0.2) is 48.5 Å². The first kappa shape index (κ1) is 14.2. The van der Waals surface area contributed by atoms with Gasteiger partial charge in [0, 0.05) is 36.9 Å². The summed E-state index contributed by atoms with van der Waals surface area (Å²) < 4.78 is 5.80. The van der Waals surface area contributed by atoms with Crippen LogP contribution in [-0.4, -0.2) is 26.2 Å². The van der Waals surface area contributed by atoms with Crippen molar-refractivity contribution in [3.8, 4) is 5.75 Å². The predicted molar refractivity (Wildman–Crippen MR) is 87.3 cm³/mol. The zero-order valence-electron chi connectivity index (χ0n) is 11.9. The first-order chi connectivity index (χ1) is 10.3. The molecule has 4 heteroatoms. The van der Waals surface area contributed by atoms with Crippen molar-refractivity contribution in [2.75, 3.05) is 31.1 Å². The van der Waals surface area contributed by atoms with E-state index in [1.54, 1.807) is 0 Å². The molecule has 0 spiro atoms. The van der Waals surface area contributed by atoms with E-state index < -0.39 is 0 Å². The average Bonchev–Trinajstić information content (AvgIpc) is 2.56. The molecule has 0 aliphatic carbocycles. The molecule has 0 aromatic heterocycles. The van der Waals surface area contributed by atoms with Crippen molar-refractivity contribution < 1.29 is 4.74 Å². The number of nitrogens with one attached hydrogen (secondary N) is 1. The van der Waals surface area contributed by atoms with Gasteiger partial charge in [-0.15, -0.1) is 0 Å². The first-order valence-electron chi connectivity index (χ1n) is 7.24. The Hall–Kier alpha value is -1.71. The highest BCUT2D eigenvalue weighted by molar-refractivity contribution is 6.30. The molecule has 1 aliphatic rings. The molecule has 110 valence electrons. The SMILES string of the molecule is Clc1ccc(COc2ccc(N3CCNCC3)cc2)cc1. The minimum Gasteiger partial charge on any atom is -0.489 e. The van der Waals surface area contributed by atoms with E-state index >= 15 is 0 Å². The summed E-state index contributed by atoms with van der Waals surface area (Å²) >= 11 is 5.87. The summed E-state index contributed by atoms with van der Waals surface area (Å²) in [6.07, 6.45) is 0. The fraction of sp³-hybridized carbons (Fsp3) is 0.294. The number of halogens is 1. The van der Waals surface area contributed by atoms with E-state index in [1.165, 1.54) is 5.69 Å². The molecule has 0 radical (unpaired) electrons. The number of nitrogens with zero attached hydrogens (tertiary/aromatic N) is 1. The van der Waals surface area contributed by atoms with E-state index in [0.717, 1.165) is 42.5 Å². The summed E-state index contributed by atoms with van der Waals surface area (Å²) in [7, 11) is 0. The van der Waals surface area contributed by atoms with E-state index in [1.807, 2.05) is 36.4 Å². The van der Waals surface area contributed by atoms with E-state index in [9.17, 15) is 0 Å². The van der Waals surface area contributed by atoms with Crippen LogP contribution in [0.25, 0.3) is 0 Å². The zero-order valence-corrected chi connectivity index (χ0v) is 12.6. The third-order valence-corrected chi connectivity index (χ3v) is 3.89. The highest BCUT2D eigenvalue weighted by Crippen LogP contribution is 2.21. The maximum atomic E-state index is 5.87. The smallest absolute Gasteiger partial charge is 0.119 e. The van der Waals surface area contributed by atoms with Crippen LogP contribution in [0.5, 0.6) is 5.75 Å². The van der Waals surface area contributed by atoms with E-state index in [0.29, 0.717) is 6.61 Å². The highest BCUT2D eigenvalue weighted by Gasteiger charge is 2.09. The van der Waals surface area contributed by atoms with Crippen LogP contribution in [0.2, 0.25) is 5.02 Å². The molecule has 1 saturated heterocycles. The van der Waals surface area contributed by atoms with Crippen molar-refractivity contribution in [2.45, 2.75) is 6.61 Å². The Kier molecular flexibility index (Phi) is 4.63. The maximum absolute atomic E-state index is 5.87. The number of piperazine rings is 1. The Bertz CT molecular complexity index is 562. The van der Waals surface area contributed by atoms with Gasteiger partial charge in [0.05, 0.1) is 0 Å². The molecule has 1 fully saturated rings. The molecule has 0 atom stereocenters. The van der Waals surface area contributed by atoms with Gasteiger partial charge in [-0.1, -0.05) is 23.7 Å². The van der Waals surface area contributed by atoms with Crippen molar-refractivity contribution in [3.05, 3.63) is 59.1 Å². The van der Waals surface area contributed by atoms with Crippen LogP contribution in [-0.2, 0) is 6.61 Å². The normalized spacial score (nSPS) is 15.0. The topological polar surface area (TPSA) is 24.5 Å². The van der Waals surface area contributed by atoms with Gasteiger partial charge in [-0.3, -0.25) is 0 Å². The Balaban J connectivity index is 1.57. The summed E-state index contributed by atoms with van der Waals surface area (Å²) in [5.74, 6) is 0.892. The largest absolute Gasteiger partial charge is 0.489 e. The molecule has 21 heavy (non-hydrogen) atoms.